The number of hydrogen-bond donors (Lipinski definition) is 0. The summed E-state index contributed by atoms with van der Waals surface area (Å²) >= 11 is 0. The minimum Gasteiger partial charge on any atom is -0.460 e. The Morgan fingerprint density at radius 2 is 1.92 bits per heavy atom. The van der Waals surface area contributed by atoms with Crippen LogP contribution in [0.25, 0.3) is 0 Å². The fraction of sp³-hybridized carbons (Fsp3) is 0.500. The maximum Gasteiger partial charge on any atom is 0.336 e. The van der Waals surface area contributed by atoms with E-state index in [1.165, 1.54) is 0 Å². The molecule has 0 aliphatic heterocycles. The Labute approximate surface area is 79.0 Å². The number of rotatable bonds is 4. The third-order valence-corrected chi connectivity index (χ3v) is 1.38. The van der Waals surface area contributed by atoms with Crippen molar-refractivity contribution in [2.45, 2.75) is 34.0 Å². The molecule has 0 amide bonds. The van der Waals surface area contributed by atoms with E-state index in [1.54, 1.807) is 26.8 Å². The first-order valence-electron chi connectivity index (χ1n) is 4.13. The normalized spacial score (nSPS) is 13.4. The lowest BCUT2D eigenvalue weighted by Gasteiger charge is -2.15. The fourth-order valence-corrected chi connectivity index (χ4v) is 0.605. The van der Waals surface area contributed by atoms with Gasteiger partial charge >= 0.3 is 5.97 Å². The van der Waals surface area contributed by atoms with Crippen LogP contribution in [0.5, 0.6) is 0 Å². The lowest BCUT2D eigenvalue weighted by Crippen LogP contribution is -2.17. The molecule has 3 heteroatoms. The molecule has 0 aliphatic carbocycles. The van der Waals surface area contributed by atoms with Crippen molar-refractivity contribution in [1.29, 1.82) is 0 Å². The van der Waals surface area contributed by atoms with E-state index in [4.69, 9.17) is 9.47 Å². The van der Waals surface area contributed by atoms with Crippen molar-refractivity contribution in [2.24, 2.45) is 0 Å². The van der Waals surface area contributed by atoms with Crippen molar-refractivity contribution in [1.82, 2.24) is 0 Å². The first-order chi connectivity index (χ1) is 5.97. The molecule has 13 heavy (non-hydrogen) atoms. The molecule has 1 atom stereocenters. The van der Waals surface area contributed by atoms with Crippen LogP contribution in [0.4, 0.5) is 0 Å². The Hall–Kier alpha value is -1.25. The summed E-state index contributed by atoms with van der Waals surface area (Å²) in [4.78, 5) is 11.0. The van der Waals surface area contributed by atoms with Gasteiger partial charge in [-0.3, -0.25) is 0 Å². The molecule has 1 unspecified atom stereocenters. The van der Waals surface area contributed by atoms with Gasteiger partial charge in [0.1, 0.15) is 0 Å². The molecule has 3 nitrogen and oxygen atoms in total. The average Bonchev–Trinajstić information content (AvgIpc) is 2.03. The molecule has 0 rings (SSSR count). The second-order valence-electron chi connectivity index (χ2n) is 2.77. The van der Waals surface area contributed by atoms with Crippen molar-refractivity contribution in [3.63, 3.8) is 0 Å². The number of carbonyl (C=O) groups is 1. The minimum absolute atomic E-state index is 0.369. The second kappa shape index (κ2) is 5.41. The molecule has 0 saturated heterocycles. The monoisotopic (exact) mass is 184 g/mol. The van der Waals surface area contributed by atoms with Crippen molar-refractivity contribution in [3.05, 3.63) is 24.0 Å². The molecule has 0 aromatic heterocycles. The lowest BCUT2D eigenvalue weighted by molar-refractivity contribution is -0.162. The van der Waals surface area contributed by atoms with Crippen LogP contribution in [0.15, 0.2) is 24.0 Å². The molecule has 0 spiro atoms. The molecule has 0 N–H and O–H groups in total. The van der Waals surface area contributed by atoms with E-state index >= 15 is 0 Å². The molecule has 0 aromatic carbocycles. The Morgan fingerprint density at radius 1 is 1.38 bits per heavy atom. The van der Waals surface area contributed by atoms with Gasteiger partial charge < -0.3 is 9.47 Å². The van der Waals surface area contributed by atoms with Crippen LogP contribution in [-0.2, 0) is 14.3 Å². The van der Waals surface area contributed by atoms with Gasteiger partial charge in [-0.15, -0.1) is 0 Å². The highest BCUT2D eigenvalue weighted by Crippen LogP contribution is 2.05. The Bertz CT molecular complexity index is 228. The summed E-state index contributed by atoms with van der Waals surface area (Å²) in [6, 6.07) is 0. The number of esters is 1. The first-order valence-corrected chi connectivity index (χ1v) is 4.13. The summed E-state index contributed by atoms with van der Waals surface area (Å²) < 4.78 is 10.1. The number of ether oxygens (including phenoxy) is 2. The van der Waals surface area contributed by atoms with Gasteiger partial charge in [0.15, 0.2) is 0 Å². The Kier molecular flexibility index (Phi) is 4.89. The molecule has 0 aliphatic rings. The topological polar surface area (TPSA) is 35.5 Å². The highest BCUT2D eigenvalue weighted by atomic mass is 16.7. The molecule has 0 saturated carbocycles. The third-order valence-electron chi connectivity index (χ3n) is 1.38. The van der Waals surface area contributed by atoms with E-state index in [2.05, 4.69) is 6.58 Å². The molecule has 0 radical (unpaired) electrons. The zero-order valence-electron chi connectivity index (χ0n) is 8.59. The van der Waals surface area contributed by atoms with Crippen LogP contribution in [0, 0.1) is 0 Å². The smallest absolute Gasteiger partial charge is 0.336 e. The standard InChI is InChI=1S/C10H16O3/c1-6-8(4)12-9(5)13-10(11)7(2)3/h6,9H,2H2,1,3-5H3/b8-6+. The minimum atomic E-state index is -0.569. The molecule has 0 aromatic rings. The van der Waals surface area contributed by atoms with Crippen molar-refractivity contribution in [3.8, 4) is 0 Å². The summed E-state index contributed by atoms with van der Waals surface area (Å²) in [5.41, 5.74) is 0.369. The summed E-state index contributed by atoms with van der Waals surface area (Å²) in [5, 5.41) is 0. The third kappa shape index (κ3) is 5.06. The largest absolute Gasteiger partial charge is 0.460 e. The van der Waals surface area contributed by atoms with Crippen LogP contribution in [0.3, 0.4) is 0 Å². The van der Waals surface area contributed by atoms with Crippen LogP contribution in [0.2, 0.25) is 0 Å². The molecule has 74 valence electrons. The van der Waals surface area contributed by atoms with E-state index < -0.39 is 12.3 Å². The number of hydrogen-bond acceptors (Lipinski definition) is 3. The summed E-state index contributed by atoms with van der Waals surface area (Å²) in [5.74, 6) is 0.290. The summed E-state index contributed by atoms with van der Waals surface area (Å²) in [6.07, 6.45) is 1.23. The molecule has 0 bridgehead atoms. The second-order valence-corrected chi connectivity index (χ2v) is 2.77. The van der Waals surface area contributed by atoms with E-state index in [9.17, 15) is 4.79 Å². The van der Waals surface area contributed by atoms with Crippen LogP contribution < -0.4 is 0 Å². The van der Waals surface area contributed by atoms with Gasteiger partial charge in [-0.1, -0.05) is 6.58 Å². The predicted molar refractivity (Wildman–Crippen MR) is 50.9 cm³/mol. The predicted octanol–water partition coefficient (Wildman–Crippen LogP) is 2.39. The van der Waals surface area contributed by atoms with Gasteiger partial charge in [-0.2, -0.15) is 0 Å². The zero-order valence-corrected chi connectivity index (χ0v) is 8.59. The van der Waals surface area contributed by atoms with E-state index in [0.29, 0.717) is 5.57 Å². The van der Waals surface area contributed by atoms with Gasteiger partial charge in [0.05, 0.1) is 5.76 Å². The maximum atomic E-state index is 11.0. The Morgan fingerprint density at radius 3 is 2.31 bits per heavy atom. The van der Waals surface area contributed by atoms with Gasteiger partial charge in [-0.25, -0.2) is 4.79 Å². The van der Waals surface area contributed by atoms with Crippen molar-refractivity contribution in [2.75, 3.05) is 0 Å². The van der Waals surface area contributed by atoms with Gasteiger partial charge in [-0.05, 0) is 26.8 Å². The van der Waals surface area contributed by atoms with Crippen molar-refractivity contribution < 1.29 is 14.3 Å². The van der Waals surface area contributed by atoms with Crippen LogP contribution in [-0.4, -0.2) is 12.3 Å². The first kappa shape index (κ1) is 11.8. The summed E-state index contributed by atoms with van der Waals surface area (Å²) in [7, 11) is 0. The van der Waals surface area contributed by atoms with Crippen LogP contribution in [0.1, 0.15) is 27.7 Å². The maximum absolute atomic E-state index is 11.0. The lowest BCUT2D eigenvalue weighted by atomic mass is 10.4. The molecule has 0 heterocycles. The number of carbonyl (C=O) groups excluding carboxylic acids is 1. The fourth-order valence-electron chi connectivity index (χ4n) is 0.605. The van der Waals surface area contributed by atoms with E-state index in [-0.39, 0.29) is 0 Å². The van der Waals surface area contributed by atoms with Crippen molar-refractivity contribution >= 4 is 5.97 Å². The highest BCUT2D eigenvalue weighted by Gasteiger charge is 2.10. The molecular formula is C10H16O3. The summed E-state index contributed by atoms with van der Waals surface area (Å²) in [6.45, 7) is 10.4. The molecular weight excluding hydrogens is 168 g/mol. The van der Waals surface area contributed by atoms with Gasteiger partial charge in [0.2, 0.25) is 6.29 Å². The number of allylic oxidation sites excluding steroid dienone is 2. The average molecular weight is 184 g/mol. The zero-order chi connectivity index (χ0) is 10.4. The Balaban J connectivity index is 3.95. The van der Waals surface area contributed by atoms with Gasteiger partial charge in [0, 0.05) is 12.5 Å². The quantitative estimate of drug-likeness (QED) is 0.291. The van der Waals surface area contributed by atoms with Gasteiger partial charge in [0.25, 0.3) is 0 Å². The van der Waals surface area contributed by atoms with Crippen LogP contribution >= 0.6 is 0 Å². The highest BCUT2D eigenvalue weighted by molar-refractivity contribution is 5.86. The SMILES string of the molecule is C=C(C)C(=O)OC(C)O/C(C)=C/C. The van der Waals surface area contributed by atoms with E-state index in [1.807, 2.05) is 6.92 Å². The van der Waals surface area contributed by atoms with E-state index in [0.717, 1.165) is 5.76 Å². The molecule has 0 fully saturated rings.